The van der Waals surface area contributed by atoms with Crippen LogP contribution in [-0.4, -0.2) is 43.0 Å². The molecule has 1 aliphatic heterocycles. The fraction of sp³-hybridized carbons (Fsp3) is 0.250. The molecule has 3 heterocycles. The van der Waals surface area contributed by atoms with Gasteiger partial charge in [0.15, 0.2) is 11.5 Å². The van der Waals surface area contributed by atoms with Crippen molar-refractivity contribution in [1.29, 1.82) is 0 Å². The van der Waals surface area contributed by atoms with Crippen LogP contribution in [0.1, 0.15) is 13.3 Å². The van der Waals surface area contributed by atoms with E-state index < -0.39 is 0 Å². The fourth-order valence-corrected chi connectivity index (χ4v) is 4.32. The van der Waals surface area contributed by atoms with E-state index in [9.17, 15) is 9.59 Å². The molecule has 9 nitrogen and oxygen atoms in total. The van der Waals surface area contributed by atoms with E-state index in [1.807, 2.05) is 47.4 Å². The Kier molecular flexibility index (Phi) is 5.29. The van der Waals surface area contributed by atoms with Gasteiger partial charge in [-0.1, -0.05) is 18.2 Å². The molecule has 0 saturated carbocycles. The summed E-state index contributed by atoms with van der Waals surface area (Å²) >= 11 is 0. The van der Waals surface area contributed by atoms with E-state index in [-0.39, 0.29) is 23.3 Å². The van der Waals surface area contributed by atoms with Gasteiger partial charge in [0.25, 0.3) is 0 Å². The number of benzene rings is 2. The van der Waals surface area contributed by atoms with E-state index in [0.29, 0.717) is 42.2 Å². The Hall–Kier alpha value is -4.14. The number of nitrogens with zero attached hydrogens (tertiary/aromatic N) is 5. The van der Waals surface area contributed by atoms with Gasteiger partial charge >= 0.3 is 5.69 Å². The molecule has 1 fully saturated rings. The normalized spacial score (nSPS) is 15.8. The number of likely N-dealkylation sites (tertiary alicyclic amines) is 1. The number of ether oxygens (including phenoxy) is 1. The van der Waals surface area contributed by atoms with E-state index in [1.165, 1.54) is 10.9 Å². The van der Waals surface area contributed by atoms with Crippen LogP contribution < -0.4 is 16.2 Å². The summed E-state index contributed by atoms with van der Waals surface area (Å²) < 4.78 is 9.03. The summed E-state index contributed by atoms with van der Waals surface area (Å²) in [5.74, 6) is 1.84. The molecule has 2 aromatic heterocycles. The van der Waals surface area contributed by atoms with Crippen molar-refractivity contribution in [3.8, 4) is 17.2 Å². The minimum atomic E-state index is -0.241. The molecule has 0 unspecified atom stereocenters. The van der Waals surface area contributed by atoms with E-state index in [4.69, 9.17) is 10.5 Å². The minimum Gasteiger partial charge on any atom is -0.457 e. The van der Waals surface area contributed by atoms with Crippen LogP contribution in [-0.2, 0) is 11.3 Å². The van der Waals surface area contributed by atoms with Crippen molar-refractivity contribution in [2.45, 2.75) is 19.9 Å². The molecular weight excluding hydrogens is 420 g/mol. The Balaban J connectivity index is 1.50. The van der Waals surface area contributed by atoms with E-state index >= 15 is 0 Å². The summed E-state index contributed by atoms with van der Waals surface area (Å²) in [4.78, 5) is 35.5. The smallest absolute Gasteiger partial charge is 0.335 e. The second-order valence-corrected chi connectivity index (χ2v) is 8.19. The highest BCUT2D eigenvalue weighted by atomic mass is 16.5. The molecule has 0 aliphatic carbocycles. The number of hydrogen-bond acceptors (Lipinski definition) is 6. The molecule has 9 heteroatoms. The number of anilines is 1. The lowest BCUT2D eigenvalue weighted by atomic mass is 10.1. The molecule has 1 amide bonds. The highest BCUT2D eigenvalue weighted by molar-refractivity contribution is 5.84. The first-order valence-electron chi connectivity index (χ1n) is 10.8. The van der Waals surface area contributed by atoms with Crippen molar-refractivity contribution in [3.63, 3.8) is 0 Å². The molecule has 2 N–H and O–H groups in total. The number of hydrogen-bond donors (Lipinski definition) is 1. The van der Waals surface area contributed by atoms with Crippen LogP contribution >= 0.6 is 0 Å². The summed E-state index contributed by atoms with van der Waals surface area (Å²) in [5.41, 5.74) is 7.53. The van der Waals surface area contributed by atoms with Gasteiger partial charge in [-0.25, -0.2) is 14.8 Å². The van der Waals surface area contributed by atoms with Crippen molar-refractivity contribution >= 4 is 22.9 Å². The first-order chi connectivity index (χ1) is 16.0. The lowest BCUT2D eigenvalue weighted by Gasteiger charge is -2.14. The van der Waals surface area contributed by atoms with Gasteiger partial charge in [0.2, 0.25) is 5.91 Å². The topological polar surface area (TPSA) is 108 Å². The Bertz CT molecular complexity index is 1360. The molecule has 0 spiro atoms. The first kappa shape index (κ1) is 20.7. The summed E-state index contributed by atoms with van der Waals surface area (Å²) in [5, 5.41) is 0. The molecule has 1 atom stereocenters. The molecule has 0 radical (unpaired) electrons. The van der Waals surface area contributed by atoms with Crippen LogP contribution in [0.25, 0.3) is 16.9 Å². The van der Waals surface area contributed by atoms with Crippen LogP contribution in [0.3, 0.4) is 0 Å². The highest BCUT2D eigenvalue weighted by Crippen LogP contribution is 2.26. The van der Waals surface area contributed by atoms with Gasteiger partial charge in [-0.3, -0.25) is 13.9 Å². The SMILES string of the molecule is CC(=O)N1CC[C@@H](Cn2c(=O)n(-c3ccc(Oc4ccccc4)cc3)c3c(N)ncnc32)C1. The Morgan fingerprint density at radius 3 is 2.52 bits per heavy atom. The zero-order chi connectivity index (χ0) is 22.9. The number of aromatic nitrogens is 4. The third kappa shape index (κ3) is 3.93. The predicted molar refractivity (Wildman–Crippen MR) is 124 cm³/mol. The molecular formula is C24H24N6O3. The van der Waals surface area contributed by atoms with Gasteiger partial charge in [-0.15, -0.1) is 0 Å². The molecule has 1 aliphatic rings. The maximum atomic E-state index is 13.5. The Morgan fingerprint density at radius 2 is 1.82 bits per heavy atom. The van der Waals surface area contributed by atoms with Crippen molar-refractivity contribution in [2.75, 3.05) is 18.8 Å². The second-order valence-electron chi connectivity index (χ2n) is 8.19. The monoisotopic (exact) mass is 444 g/mol. The Labute approximate surface area is 190 Å². The fourth-order valence-electron chi connectivity index (χ4n) is 4.32. The van der Waals surface area contributed by atoms with Crippen molar-refractivity contribution < 1.29 is 9.53 Å². The van der Waals surface area contributed by atoms with Crippen LogP contribution in [0.4, 0.5) is 5.82 Å². The summed E-state index contributed by atoms with van der Waals surface area (Å²) in [6.07, 6.45) is 2.20. The second kappa shape index (κ2) is 8.42. The number of carbonyl (C=O) groups is 1. The number of amides is 1. The molecule has 168 valence electrons. The van der Waals surface area contributed by atoms with Crippen LogP contribution in [0.2, 0.25) is 0 Å². The number of nitrogen functional groups attached to an aromatic ring is 1. The van der Waals surface area contributed by atoms with Crippen LogP contribution in [0.15, 0.2) is 65.7 Å². The number of nitrogens with two attached hydrogens (primary N) is 1. The summed E-state index contributed by atoms with van der Waals surface area (Å²) in [6.45, 7) is 3.35. The van der Waals surface area contributed by atoms with Gasteiger partial charge in [0.1, 0.15) is 23.3 Å². The van der Waals surface area contributed by atoms with Gasteiger partial charge in [0, 0.05) is 26.6 Å². The van der Waals surface area contributed by atoms with Gasteiger partial charge < -0.3 is 15.4 Å². The van der Waals surface area contributed by atoms with Gasteiger partial charge in [0.05, 0.1) is 5.69 Å². The third-order valence-corrected chi connectivity index (χ3v) is 5.98. The maximum absolute atomic E-state index is 13.5. The number of imidazole rings is 1. The highest BCUT2D eigenvalue weighted by Gasteiger charge is 2.27. The maximum Gasteiger partial charge on any atom is 0.335 e. The van der Waals surface area contributed by atoms with Crippen molar-refractivity contribution in [2.24, 2.45) is 5.92 Å². The average Bonchev–Trinajstić information content (AvgIpc) is 3.40. The van der Waals surface area contributed by atoms with Crippen molar-refractivity contribution in [3.05, 3.63) is 71.4 Å². The van der Waals surface area contributed by atoms with E-state index in [2.05, 4.69) is 9.97 Å². The molecule has 5 rings (SSSR count). The van der Waals surface area contributed by atoms with E-state index in [0.717, 1.165) is 12.2 Å². The zero-order valence-corrected chi connectivity index (χ0v) is 18.2. The molecule has 2 aromatic carbocycles. The van der Waals surface area contributed by atoms with E-state index in [1.54, 1.807) is 23.6 Å². The first-order valence-corrected chi connectivity index (χ1v) is 10.8. The Morgan fingerprint density at radius 1 is 1.09 bits per heavy atom. The number of para-hydroxylation sites is 1. The van der Waals surface area contributed by atoms with Crippen molar-refractivity contribution in [1.82, 2.24) is 24.0 Å². The number of rotatable bonds is 5. The zero-order valence-electron chi connectivity index (χ0n) is 18.2. The lowest BCUT2D eigenvalue weighted by molar-refractivity contribution is -0.127. The molecule has 1 saturated heterocycles. The quantitative estimate of drug-likeness (QED) is 0.507. The molecule has 0 bridgehead atoms. The van der Waals surface area contributed by atoms with Gasteiger partial charge in [-0.2, -0.15) is 0 Å². The van der Waals surface area contributed by atoms with Crippen LogP contribution in [0.5, 0.6) is 11.5 Å². The molecule has 4 aromatic rings. The third-order valence-electron chi connectivity index (χ3n) is 5.98. The van der Waals surface area contributed by atoms with Gasteiger partial charge in [-0.05, 0) is 48.7 Å². The number of fused-ring (bicyclic) bond motifs is 1. The molecule has 33 heavy (non-hydrogen) atoms. The minimum absolute atomic E-state index is 0.0525. The van der Waals surface area contributed by atoms with Crippen LogP contribution in [0, 0.1) is 5.92 Å². The largest absolute Gasteiger partial charge is 0.457 e. The summed E-state index contributed by atoms with van der Waals surface area (Å²) in [7, 11) is 0. The summed E-state index contributed by atoms with van der Waals surface area (Å²) in [6, 6.07) is 16.7. The number of carbonyl (C=O) groups excluding carboxylic acids is 1. The lowest BCUT2D eigenvalue weighted by Crippen LogP contribution is -2.29. The average molecular weight is 444 g/mol. The standard InChI is InChI=1S/C24H24N6O3/c1-16(31)28-12-11-17(13-28)14-29-23-21(22(25)26-15-27-23)30(24(29)32)18-7-9-20(10-8-18)33-19-5-3-2-4-6-19/h2-10,15,17H,11-14H2,1H3,(H2,25,26,27)/t17-/m1/s1. The predicted octanol–water partition coefficient (Wildman–Crippen LogP) is 2.83.